The van der Waals surface area contributed by atoms with Crippen LogP contribution in [0.15, 0.2) is 30.3 Å². The van der Waals surface area contributed by atoms with Crippen LogP contribution < -0.4 is 11.1 Å². The molecule has 1 aromatic rings. The lowest BCUT2D eigenvalue weighted by Gasteiger charge is -2.12. The summed E-state index contributed by atoms with van der Waals surface area (Å²) in [6, 6.07) is 8.95. The maximum atomic E-state index is 11.6. The molecule has 5 nitrogen and oxygen atoms in total. The topological polar surface area (TPSA) is 89.3 Å². The highest BCUT2D eigenvalue weighted by Gasteiger charge is 2.12. The number of hydrogen-bond acceptors (Lipinski definition) is 4. The van der Waals surface area contributed by atoms with E-state index in [4.69, 9.17) is 5.73 Å². The molecule has 106 valence electrons. The molecule has 0 aliphatic carbocycles. The average Bonchev–Trinajstić information content (AvgIpc) is 2.39. The standard InChI is InChI=1S/C13H20N2O3S/c1-2-19(17,18)9-8-15-13(16)10-12(14)11-6-4-3-5-7-11/h3-7,12H,2,8-10,14H2,1H3,(H,15,16). The van der Waals surface area contributed by atoms with E-state index in [1.54, 1.807) is 6.92 Å². The van der Waals surface area contributed by atoms with Crippen molar-refractivity contribution in [3.05, 3.63) is 35.9 Å². The number of hydrogen-bond donors (Lipinski definition) is 2. The van der Waals surface area contributed by atoms with E-state index >= 15 is 0 Å². The monoisotopic (exact) mass is 284 g/mol. The molecule has 0 aliphatic rings. The first-order valence-corrected chi connectivity index (χ1v) is 8.04. The Hall–Kier alpha value is -1.40. The molecule has 0 aliphatic heterocycles. The van der Waals surface area contributed by atoms with Crippen molar-refractivity contribution in [1.82, 2.24) is 5.32 Å². The Morgan fingerprint density at radius 1 is 1.32 bits per heavy atom. The van der Waals surface area contributed by atoms with E-state index < -0.39 is 9.84 Å². The Kier molecular flexibility index (Phi) is 5.98. The van der Waals surface area contributed by atoms with Crippen molar-refractivity contribution >= 4 is 15.7 Å². The van der Waals surface area contributed by atoms with Gasteiger partial charge in [-0.25, -0.2) is 8.42 Å². The van der Waals surface area contributed by atoms with Gasteiger partial charge in [0.1, 0.15) is 0 Å². The van der Waals surface area contributed by atoms with Gasteiger partial charge < -0.3 is 11.1 Å². The van der Waals surface area contributed by atoms with Crippen LogP contribution in [0.1, 0.15) is 24.9 Å². The summed E-state index contributed by atoms with van der Waals surface area (Å²) in [5.41, 5.74) is 6.79. The lowest BCUT2D eigenvalue weighted by Crippen LogP contribution is -2.31. The van der Waals surface area contributed by atoms with Crippen molar-refractivity contribution in [3.8, 4) is 0 Å². The van der Waals surface area contributed by atoms with Crippen molar-refractivity contribution in [2.75, 3.05) is 18.1 Å². The van der Waals surface area contributed by atoms with Crippen LogP contribution in [0.5, 0.6) is 0 Å². The van der Waals surface area contributed by atoms with Crippen LogP contribution in [-0.2, 0) is 14.6 Å². The second-order valence-electron chi connectivity index (χ2n) is 4.31. The molecule has 0 heterocycles. The molecule has 1 unspecified atom stereocenters. The van der Waals surface area contributed by atoms with Crippen molar-refractivity contribution in [2.45, 2.75) is 19.4 Å². The first-order valence-electron chi connectivity index (χ1n) is 6.22. The molecule has 0 spiro atoms. The third-order valence-electron chi connectivity index (χ3n) is 2.81. The van der Waals surface area contributed by atoms with Crippen LogP contribution in [0.3, 0.4) is 0 Å². The van der Waals surface area contributed by atoms with Crippen LogP contribution in [0.4, 0.5) is 0 Å². The number of carbonyl (C=O) groups excluding carboxylic acids is 1. The van der Waals surface area contributed by atoms with Gasteiger partial charge in [-0.3, -0.25) is 4.79 Å². The Morgan fingerprint density at radius 2 is 1.95 bits per heavy atom. The van der Waals surface area contributed by atoms with E-state index in [1.165, 1.54) is 0 Å². The maximum Gasteiger partial charge on any atom is 0.221 e. The molecule has 0 aromatic heterocycles. The minimum atomic E-state index is -3.04. The highest BCUT2D eigenvalue weighted by molar-refractivity contribution is 7.91. The Bertz CT molecular complexity index is 500. The molecule has 19 heavy (non-hydrogen) atoms. The second kappa shape index (κ2) is 7.25. The molecule has 1 aromatic carbocycles. The summed E-state index contributed by atoms with van der Waals surface area (Å²) in [6.07, 6.45) is 0.149. The minimum absolute atomic E-state index is 0.0319. The zero-order valence-electron chi connectivity index (χ0n) is 11.0. The van der Waals surface area contributed by atoms with Crippen molar-refractivity contribution in [2.24, 2.45) is 5.73 Å². The average molecular weight is 284 g/mol. The summed E-state index contributed by atoms with van der Waals surface area (Å²) < 4.78 is 22.5. The molecule has 0 saturated heterocycles. The Labute approximate surface area is 114 Å². The first kappa shape index (κ1) is 15.7. The molecule has 0 saturated carbocycles. The fourth-order valence-electron chi connectivity index (χ4n) is 1.58. The van der Waals surface area contributed by atoms with Gasteiger partial charge in [0.25, 0.3) is 0 Å². The van der Waals surface area contributed by atoms with Crippen molar-refractivity contribution < 1.29 is 13.2 Å². The third-order valence-corrected chi connectivity index (χ3v) is 4.51. The second-order valence-corrected chi connectivity index (χ2v) is 6.78. The van der Waals surface area contributed by atoms with Gasteiger partial charge in [0.05, 0.1) is 5.75 Å². The summed E-state index contributed by atoms with van der Waals surface area (Å²) in [4.78, 5) is 11.6. The number of amides is 1. The fraction of sp³-hybridized carbons (Fsp3) is 0.462. The van der Waals surface area contributed by atoms with Crippen molar-refractivity contribution in [1.29, 1.82) is 0 Å². The predicted octanol–water partition coefficient (Wildman–Crippen LogP) is 0.627. The predicted molar refractivity (Wildman–Crippen MR) is 75.3 cm³/mol. The molecule has 0 bridgehead atoms. The number of sulfone groups is 1. The van der Waals surface area contributed by atoms with Gasteiger partial charge in [-0.1, -0.05) is 37.3 Å². The summed E-state index contributed by atoms with van der Waals surface area (Å²) in [5, 5.41) is 2.58. The van der Waals surface area contributed by atoms with Crippen LogP contribution in [0.2, 0.25) is 0 Å². The number of benzene rings is 1. The highest BCUT2D eigenvalue weighted by Crippen LogP contribution is 2.12. The summed E-state index contributed by atoms with van der Waals surface area (Å²) >= 11 is 0. The molecule has 6 heteroatoms. The zero-order valence-corrected chi connectivity index (χ0v) is 11.8. The minimum Gasteiger partial charge on any atom is -0.355 e. The molecule has 1 atom stereocenters. The first-order chi connectivity index (χ1) is 8.94. The van der Waals surface area contributed by atoms with Crippen LogP contribution >= 0.6 is 0 Å². The van der Waals surface area contributed by atoms with Crippen molar-refractivity contribution in [3.63, 3.8) is 0 Å². The van der Waals surface area contributed by atoms with Gasteiger partial charge in [0.15, 0.2) is 9.84 Å². The quantitative estimate of drug-likeness (QED) is 0.768. The lowest BCUT2D eigenvalue weighted by molar-refractivity contribution is -0.121. The molecular weight excluding hydrogens is 264 g/mol. The van der Waals surface area contributed by atoms with Gasteiger partial charge in [-0.2, -0.15) is 0 Å². The van der Waals surface area contributed by atoms with E-state index in [2.05, 4.69) is 5.32 Å². The van der Waals surface area contributed by atoms with Gasteiger partial charge in [-0.15, -0.1) is 0 Å². The van der Waals surface area contributed by atoms with Crippen LogP contribution in [-0.4, -0.2) is 32.4 Å². The number of nitrogens with two attached hydrogens (primary N) is 1. The normalized spacial score (nSPS) is 12.9. The van der Waals surface area contributed by atoms with Gasteiger partial charge in [0, 0.05) is 24.8 Å². The van der Waals surface area contributed by atoms with E-state index in [1.807, 2.05) is 30.3 Å². The fourth-order valence-corrected chi connectivity index (χ4v) is 2.28. The zero-order chi connectivity index (χ0) is 14.3. The maximum absolute atomic E-state index is 11.6. The van der Waals surface area contributed by atoms with Gasteiger partial charge >= 0.3 is 0 Å². The van der Waals surface area contributed by atoms with Crippen LogP contribution in [0, 0.1) is 0 Å². The van der Waals surface area contributed by atoms with E-state index in [0.717, 1.165) is 5.56 Å². The van der Waals surface area contributed by atoms with Crippen LogP contribution in [0.25, 0.3) is 0 Å². The number of rotatable bonds is 7. The van der Waals surface area contributed by atoms with Gasteiger partial charge in [0.2, 0.25) is 5.91 Å². The Morgan fingerprint density at radius 3 is 2.53 bits per heavy atom. The molecule has 3 N–H and O–H groups in total. The number of nitrogens with one attached hydrogen (secondary N) is 1. The molecule has 1 rings (SSSR count). The summed E-state index contributed by atoms with van der Waals surface area (Å²) in [6.45, 7) is 1.72. The lowest BCUT2D eigenvalue weighted by atomic mass is 10.0. The summed E-state index contributed by atoms with van der Waals surface area (Å²) in [5.74, 6) is -0.176. The molecule has 1 amide bonds. The molecular formula is C13H20N2O3S. The van der Waals surface area contributed by atoms with Gasteiger partial charge in [-0.05, 0) is 5.56 Å². The SMILES string of the molecule is CCS(=O)(=O)CCNC(=O)CC(N)c1ccccc1. The Balaban J connectivity index is 2.36. The molecule has 0 radical (unpaired) electrons. The molecule has 0 fully saturated rings. The smallest absolute Gasteiger partial charge is 0.221 e. The highest BCUT2D eigenvalue weighted by atomic mass is 32.2. The third kappa shape index (κ3) is 5.85. The summed E-state index contributed by atoms with van der Waals surface area (Å²) in [7, 11) is -3.04. The van der Waals surface area contributed by atoms with E-state index in [0.29, 0.717) is 0 Å². The largest absolute Gasteiger partial charge is 0.355 e. The van der Waals surface area contributed by atoms with E-state index in [-0.39, 0.29) is 36.4 Å². The van der Waals surface area contributed by atoms with E-state index in [9.17, 15) is 13.2 Å². The number of carbonyl (C=O) groups is 1.